The van der Waals surface area contributed by atoms with Crippen molar-refractivity contribution in [3.63, 3.8) is 0 Å². The fourth-order valence-corrected chi connectivity index (χ4v) is 1.74. The van der Waals surface area contributed by atoms with Crippen LogP contribution < -0.4 is 10.6 Å². The van der Waals surface area contributed by atoms with E-state index in [4.69, 9.17) is 0 Å². The normalized spacial score (nSPS) is 20.9. The first kappa shape index (κ1) is 11.0. The van der Waals surface area contributed by atoms with Gasteiger partial charge in [0.25, 0.3) is 6.43 Å². The van der Waals surface area contributed by atoms with Crippen LogP contribution in [0, 0.1) is 0 Å². The van der Waals surface area contributed by atoms with Gasteiger partial charge in [-0.2, -0.15) is 0 Å². The van der Waals surface area contributed by atoms with Crippen LogP contribution in [0.5, 0.6) is 0 Å². The van der Waals surface area contributed by atoms with Gasteiger partial charge in [0.15, 0.2) is 0 Å². The molecule has 0 spiro atoms. The highest BCUT2D eigenvalue weighted by Crippen LogP contribution is 2.23. The summed E-state index contributed by atoms with van der Waals surface area (Å²) in [5.74, 6) is -0.169. The van der Waals surface area contributed by atoms with Crippen molar-refractivity contribution < 1.29 is 13.6 Å². The van der Waals surface area contributed by atoms with Gasteiger partial charge >= 0.3 is 0 Å². The summed E-state index contributed by atoms with van der Waals surface area (Å²) in [5.41, 5.74) is 0.521. The zero-order chi connectivity index (χ0) is 11.5. The molecule has 1 amide bonds. The maximum atomic E-state index is 12.5. The molecule has 1 aliphatic heterocycles. The molecule has 1 atom stereocenters. The Hall–Kier alpha value is -1.49. The molecule has 16 heavy (non-hydrogen) atoms. The summed E-state index contributed by atoms with van der Waals surface area (Å²) in [5, 5.41) is 5.68. The van der Waals surface area contributed by atoms with E-state index in [1.54, 1.807) is 12.1 Å². The summed E-state index contributed by atoms with van der Waals surface area (Å²) in [4.78, 5) is 11.5. The van der Waals surface area contributed by atoms with Gasteiger partial charge in [-0.15, -0.1) is 0 Å². The second kappa shape index (κ2) is 4.57. The van der Waals surface area contributed by atoms with Crippen molar-refractivity contribution in [3.8, 4) is 0 Å². The largest absolute Gasteiger partial charge is 0.353 e. The highest BCUT2D eigenvalue weighted by Gasteiger charge is 2.23. The van der Waals surface area contributed by atoms with E-state index in [0.29, 0.717) is 18.7 Å². The third-order valence-corrected chi connectivity index (χ3v) is 2.53. The number of halogens is 2. The highest BCUT2D eigenvalue weighted by atomic mass is 19.3. The zero-order valence-corrected chi connectivity index (χ0v) is 8.54. The zero-order valence-electron chi connectivity index (χ0n) is 8.54. The van der Waals surface area contributed by atoms with Crippen molar-refractivity contribution in [3.05, 3.63) is 35.4 Å². The Morgan fingerprint density at radius 3 is 2.81 bits per heavy atom. The Kier molecular flexibility index (Phi) is 3.14. The SMILES string of the molecule is O=C1NCCNC1c1cccc(C(F)F)c1. The molecule has 0 bridgehead atoms. The lowest BCUT2D eigenvalue weighted by molar-refractivity contribution is -0.124. The van der Waals surface area contributed by atoms with Crippen LogP contribution in [0.15, 0.2) is 24.3 Å². The summed E-state index contributed by atoms with van der Waals surface area (Å²) in [6.45, 7) is 1.22. The molecular weight excluding hydrogens is 214 g/mol. The van der Waals surface area contributed by atoms with Crippen molar-refractivity contribution in [2.24, 2.45) is 0 Å². The number of alkyl halides is 2. The van der Waals surface area contributed by atoms with Crippen LogP contribution in [0.3, 0.4) is 0 Å². The van der Waals surface area contributed by atoms with Crippen LogP contribution in [-0.4, -0.2) is 19.0 Å². The summed E-state index contributed by atoms with van der Waals surface area (Å²) in [6.07, 6.45) is -2.51. The molecule has 1 saturated heterocycles. The molecular formula is C11H12F2N2O. The molecule has 5 heteroatoms. The van der Waals surface area contributed by atoms with Gasteiger partial charge in [-0.1, -0.05) is 18.2 Å². The molecule has 0 aliphatic carbocycles. The van der Waals surface area contributed by atoms with Gasteiger partial charge in [-0.25, -0.2) is 8.78 Å². The molecule has 1 aromatic carbocycles. The monoisotopic (exact) mass is 226 g/mol. The predicted octanol–water partition coefficient (Wildman–Crippen LogP) is 1.38. The molecule has 0 aromatic heterocycles. The van der Waals surface area contributed by atoms with E-state index >= 15 is 0 Å². The second-order valence-corrected chi connectivity index (χ2v) is 3.65. The first-order chi connectivity index (χ1) is 7.68. The maximum absolute atomic E-state index is 12.5. The molecule has 1 fully saturated rings. The van der Waals surface area contributed by atoms with Crippen molar-refractivity contribution in [1.82, 2.24) is 10.6 Å². The summed E-state index contributed by atoms with van der Waals surface area (Å²) in [6, 6.07) is 5.42. The topological polar surface area (TPSA) is 41.1 Å². The van der Waals surface area contributed by atoms with Crippen LogP contribution in [0.2, 0.25) is 0 Å². The van der Waals surface area contributed by atoms with Crippen LogP contribution in [0.25, 0.3) is 0 Å². The second-order valence-electron chi connectivity index (χ2n) is 3.65. The molecule has 1 aromatic rings. The minimum atomic E-state index is -2.51. The number of rotatable bonds is 2. The average molecular weight is 226 g/mol. The number of piperazine rings is 1. The van der Waals surface area contributed by atoms with Gasteiger partial charge in [0.1, 0.15) is 6.04 Å². The number of nitrogens with one attached hydrogen (secondary N) is 2. The summed E-state index contributed by atoms with van der Waals surface area (Å²) >= 11 is 0. The maximum Gasteiger partial charge on any atom is 0.263 e. The van der Waals surface area contributed by atoms with Crippen molar-refractivity contribution in [2.75, 3.05) is 13.1 Å². The lowest BCUT2D eigenvalue weighted by Crippen LogP contribution is -2.47. The van der Waals surface area contributed by atoms with E-state index in [-0.39, 0.29) is 11.5 Å². The van der Waals surface area contributed by atoms with E-state index < -0.39 is 12.5 Å². The Bertz CT molecular complexity index is 395. The minimum absolute atomic E-state index is 0.0577. The van der Waals surface area contributed by atoms with E-state index in [0.717, 1.165) is 0 Å². The number of hydrogen-bond acceptors (Lipinski definition) is 2. The lowest BCUT2D eigenvalue weighted by atomic mass is 10.0. The number of amides is 1. The van der Waals surface area contributed by atoms with Gasteiger partial charge in [0.2, 0.25) is 5.91 Å². The van der Waals surface area contributed by atoms with Crippen molar-refractivity contribution in [2.45, 2.75) is 12.5 Å². The molecule has 0 saturated carbocycles. The first-order valence-electron chi connectivity index (χ1n) is 5.07. The van der Waals surface area contributed by atoms with Gasteiger partial charge in [-0.3, -0.25) is 4.79 Å². The number of benzene rings is 1. The quantitative estimate of drug-likeness (QED) is 0.800. The number of hydrogen-bond donors (Lipinski definition) is 2. The van der Waals surface area contributed by atoms with Crippen molar-refractivity contribution >= 4 is 5.91 Å². The van der Waals surface area contributed by atoms with Crippen LogP contribution in [0.4, 0.5) is 8.78 Å². The van der Waals surface area contributed by atoms with E-state index in [1.165, 1.54) is 12.1 Å². The molecule has 2 N–H and O–H groups in total. The predicted molar refractivity (Wildman–Crippen MR) is 55.2 cm³/mol. The van der Waals surface area contributed by atoms with Gasteiger partial charge < -0.3 is 10.6 Å². The molecule has 3 nitrogen and oxygen atoms in total. The van der Waals surface area contributed by atoms with Crippen LogP contribution >= 0.6 is 0 Å². The fourth-order valence-electron chi connectivity index (χ4n) is 1.74. The third-order valence-electron chi connectivity index (χ3n) is 2.53. The Balaban J connectivity index is 2.25. The first-order valence-corrected chi connectivity index (χ1v) is 5.07. The van der Waals surface area contributed by atoms with Gasteiger partial charge in [0, 0.05) is 18.7 Å². The Labute approximate surface area is 91.8 Å². The number of carbonyl (C=O) groups excluding carboxylic acids is 1. The standard InChI is InChI=1S/C11H12F2N2O/c12-10(13)8-3-1-2-7(6-8)9-11(16)15-5-4-14-9/h1-3,6,9-10,14H,4-5H2,(H,15,16). The Morgan fingerprint density at radius 2 is 2.12 bits per heavy atom. The fraction of sp³-hybridized carbons (Fsp3) is 0.364. The third kappa shape index (κ3) is 2.19. The molecule has 1 unspecified atom stereocenters. The molecule has 0 radical (unpaired) electrons. The van der Waals surface area contributed by atoms with Gasteiger partial charge in [-0.05, 0) is 11.6 Å². The lowest BCUT2D eigenvalue weighted by Gasteiger charge is -2.24. The van der Waals surface area contributed by atoms with Crippen LogP contribution in [0.1, 0.15) is 23.6 Å². The van der Waals surface area contributed by atoms with E-state index in [1.807, 2.05) is 0 Å². The van der Waals surface area contributed by atoms with Gasteiger partial charge in [0.05, 0.1) is 0 Å². The van der Waals surface area contributed by atoms with Crippen LogP contribution in [-0.2, 0) is 4.79 Å². The van der Waals surface area contributed by atoms with Crippen molar-refractivity contribution in [1.29, 1.82) is 0 Å². The molecule has 86 valence electrons. The van der Waals surface area contributed by atoms with E-state index in [2.05, 4.69) is 10.6 Å². The van der Waals surface area contributed by atoms with E-state index in [9.17, 15) is 13.6 Å². The average Bonchev–Trinajstić information content (AvgIpc) is 2.30. The molecule has 2 rings (SSSR count). The molecule has 1 aliphatic rings. The molecule has 1 heterocycles. The minimum Gasteiger partial charge on any atom is -0.353 e. The Morgan fingerprint density at radius 1 is 1.31 bits per heavy atom. The number of carbonyl (C=O) groups is 1. The highest BCUT2D eigenvalue weighted by molar-refractivity contribution is 5.83. The smallest absolute Gasteiger partial charge is 0.263 e. The summed E-state index contributed by atoms with van der Waals surface area (Å²) < 4.78 is 25.0. The summed E-state index contributed by atoms with van der Waals surface area (Å²) in [7, 11) is 0.